The van der Waals surface area contributed by atoms with Crippen LogP contribution in [0.3, 0.4) is 0 Å². The Morgan fingerprint density at radius 1 is 1.08 bits per heavy atom. The van der Waals surface area contributed by atoms with Crippen molar-refractivity contribution in [3.63, 3.8) is 0 Å². The molecule has 2 aliphatic heterocycles. The van der Waals surface area contributed by atoms with Crippen molar-refractivity contribution in [3.05, 3.63) is 83.2 Å². The van der Waals surface area contributed by atoms with Gasteiger partial charge in [-0.3, -0.25) is 9.29 Å². The van der Waals surface area contributed by atoms with Crippen LogP contribution < -0.4 is 9.47 Å². The van der Waals surface area contributed by atoms with Crippen LogP contribution in [0.4, 0.5) is 8.78 Å². The van der Waals surface area contributed by atoms with Crippen LogP contribution in [0.15, 0.2) is 60.7 Å². The van der Waals surface area contributed by atoms with Crippen LogP contribution in [-0.4, -0.2) is 47.5 Å². The molecule has 5 nitrogen and oxygen atoms in total. The van der Waals surface area contributed by atoms with Crippen molar-refractivity contribution in [1.29, 1.82) is 0 Å². The largest absolute Gasteiger partial charge is 0.508 e. The molecule has 3 aromatic carbocycles. The normalized spacial score (nSPS) is 20.4. The second-order valence-corrected chi connectivity index (χ2v) is 9.92. The van der Waals surface area contributed by atoms with E-state index in [9.17, 15) is 19.0 Å². The van der Waals surface area contributed by atoms with Gasteiger partial charge in [0.1, 0.15) is 30.0 Å². The molecule has 0 aliphatic carbocycles. The molecule has 7 heteroatoms. The number of phenols is 2. The smallest absolute Gasteiger partial charge is 0.165 e. The first-order valence-electron chi connectivity index (χ1n) is 12.6. The SMILES string of the molecule is CC1=C(c2ccc(O)c(F)c2)C(c2ccc(OC[C@H](C)N3CC[C@@H](CF)C3)cc2)Oc2cc(O)ccc21. The van der Waals surface area contributed by atoms with Crippen molar-refractivity contribution in [1.82, 2.24) is 4.90 Å². The molecule has 5 rings (SSSR count). The van der Waals surface area contributed by atoms with Crippen molar-refractivity contribution in [3.8, 4) is 23.0 Å². The van der Waals surface area contributed by atoms with E-state index in [-0.39, 0.29) is 24.4 Å². The number of rotatable bonds is 7. The molecule has 1 saturated heterocycles. The Morgan fingerprint density at radius 3 is 2.57 bits per heavy atom. The van der Waals surface area contributed by atoms with Crippen LogP contribution >= 0.6 is 0 Å². The molecule has 0 radical (unpaired) electrons. The molecule has 3 atom stereocenters. The standard InChI is InChI=1S/C30H31F2NO4/c1-18(33-12-11-20(15-31)16-33)17-36-24-7-3-21(4-8-24)30-29(22-5-10-27(35)26(32)13-22)19(2)25-9-6-23(34)14-28(25)37-30/h3-10,13-14,18,20,30,34-35H,11-12,15-17H2,1-2H3/t18-,20-,30?/m0/s1. The summed E-state index contributed by atoms with van der Waals surface area (Å²) in [6, 6.07) is 17.0. The van der Waals surface area contributed by atoms with Crippen molar-refractivity contribution in [2.24, 2.45) is 5.92 Å². The van der Waals surface area contributed by atoms with Crippen LogP contribution in [0.2, 0.25) is 0 Å². The quantitative estimate of drug-likeness (QED) is 0.390. The average Bonchev–Trinajstić information content (AvgIpc) is 3.39. The summed E-state index contributed by atoms with van der Waals surface area (Å²) >= 11 is 0. The average molecular weight is 508 g/mol. The number of benzene rings is 3. The first kappa shape index (κ1) is 25.1. The van der Waals surface area contributed by atoms with Gasteiger partial charge in [-0.2, -0.15) is 0 Å². The fourth-order valence-corrected chi connectivity index (χ4v) is 5.17. The van der Waals surface area contributed by atoms with E-state index in [4.69, 9.17) is 9.47 Å². The summed E-state index contributed by atoms with van der Waals surface area (Å²) in [6.45, 7) is 5.92. The molecule has 0 aromatic heterocycles. The zero-order valence-corrected chi connectivity index (χ0v) is 21.0. The lowest BCUT2D eigenvalue weighted by Gasteiger charge is -2.31. The molecule has 1 unspecified atom stereocenters. The number of fused-ring (bicyclic) bond motifs is 1. The molecular formula is C30H31F2NO4. The maximum Gasteiger partial charge on any atom is 0.165 e. The van der Waals surface area contributed by atoms with Crippen LogP contribution in [0.5, 0.6) is 23.0 Å². The number of aromatic hydroxyl groups is 2. The number of halogens is 2. The van der Waals surface area contributed by atoms with E-state index in [0.717, 1.165) is 41.8 Å². The van der Waals surface area contributed by atoms with Gasteiger partial charge in [-0.25, -0.2) is 4.39 Å². The number of allylic oxidation sites excluding steroid dienone is 1. The number of phenolic OH excluding ortho intramolecular Hbond substituents is 2. The fourth-order valence-electron chi connectivity index (χ4n) is 5.17. The molecule has 2 heterocycles. The highest BCUT2D eigenvalue weighted by Crippen LogP contribution is 2.47. The Kier molecular flexibility index (Phi) is 7.07. The third-order valence-electron chi connectivity index (χ3n) is 7.37. The van der Waals surface area contributed by atoms with Crippen molar-refractivity contribution >= 4 is 11.1 Å². The van der Waals surface area contributed by atoms with Gasteiger partial charge in [0, 0.05) is 35.7 Å². The minimum absolute atomic E-state index is 0.0955. The second-order valence-electron chi connectivity index (χ2n) is 9.92. The molecule has 1 fully saturated rings. The third-order valence-corrected chi connectivity index (χ3v) is 7.37. The second kappa shape index (κ2) is 10.4. The predicted octanol–water partition coefficient (Wildman–Crippen LogP) is 6.36. The maximum atomic E-state index is 14.3. The van der Waals surface area contributed by atoms with Gasteiger partial charge in [-0.1, -0.05) is 18.2 Å². The highest BCUT2D eigenvalue weighted by Gasteiger charge is 2.30. The highest BCUT2D eigenvalue weighted by molar-refractivity contribution is 5.95. The van der Waals surface area contributed by atoms with Gasteiger partial charge < -0.3 is 19.7 Å². The maximum absolute atomic E-state index is 14.3. The molecule has 0 amide bonds. The lowest BCUT2D eigenvalue weighted by molar-refractivity contribution is 0.165. The minimum atomic E-state index is -0.707. The topological polar surface area (TPSA) is 62.2 Å². The van der Waals surface area contributed by atoms with E-state index >= 15 is 0 Å². The first-order chi connectivity index (χ1) is 17.8. The molecule has 194 valence electrons. The number of nitrogens with zero attached hydrogens (tertiary/aromatic N) is 1. The lowest BCUT2D eigenvalue weighted by Crippen LogP contribution is -2.35. The van der Waals surface area contributed by atoms with Gasteiger partial charge in [-0.05, 0) is 79.9 Å². The zero-order chi connectivity index (χ0) is 26.1. The minimum Gasteiger partial charge on any atom is -0.508 e. The molecule has 3 aromatic rings. The third kappa shape index (κ3) is 5.14. The van der Waals surface area contributed by atoms with Gasteiger partial charge >= 0.3 is 0 Å². The summed E-state index contributed by atoms with van der Waals surface area (Å²) in [5.74, 6) is 0.350. The molecule has 0 saturated carbocycles. The Hall–Kier alpha value is -3.58. The summed E-state index contributed by atoms with van der Waals surface area (Å²) in [7, 11) is 0. The van der Waals surface area contributed by atoms with E-state index in [1.165, 1.54) is 12.1 Å². The lowest BCUT2D eigenvalue weighted by atomic mass is 9.86. The van der Waals surface area contributed by atoms with Gasteiger partial charge in [0.2, 0.25) is 0 Å². The number of hydrogen-bond donors (Lipinski definition) is 2. The summed E-state index contributed by atoms with van der Waals surface area (Å²) in [5.41, 5.74) is 3.91. The Balaban J connectivity index is 1.39. The van der Waals surface area contributed by atoms with Gasteiger partial charge in [0.15, 0.2) is 11.6 Å². The molecule has 0 spiro atoms. The van der Waals surface area contributed by atoms with Crippen LogP contribution in [0.1, 0.15) is 43.1 Å². The summed E-state index contributed by atoms with van der Waals surface area (Å²) in [5, 5.41) is 19.7. The number of ether oxygens (including phenoxy) is 2. The van der Waals surface area contributed by atoms with Crippen molar-refractivity contribution in [2.75, 3.05) is 26.4 Å². The van der Waals surface area contributed by atoms with Crippen LogP contribution in [0.25, 0.3) is 11.1 Å². The summed E-state index contributed by atoms with van der Waals surface area (Å²) in [6.07, 6.45) is 0.325. The van der Waals surface area contributed by atoms with Gasteiger partial charge in [-0.15, -0.1) is 0 Å². The van der Waals surface area contributed by atoms with Crippen molar-refractivity contribution < 1.29 is 28.5 Å². The molecular weight excluding hydrogens is 476 g/mol. The van der Waals surface area contributed by atoms with E-state index in [2.05, 4.69) is 11.8 Å². The van der Waals surface area contributed by atoms with Crippen LogP contribution in [-0.2, 0) is 0 Å². The number of likely N-dealkylation sites (tertiary alicyclic amines) is 1. The van der Waals surface area contributed by atoms with Crippen molar-refractivity contribution in [2.45, 2.75) is 32.4 Å². The van der Waals surface area contributed by atoms with E-state index in [0.29, 0.717) is 23.7 Å². The Morgan fingerprint density at radius 2 is 1.86 bits per heavy atom. The summed E-state index contributed by atoms with van der Waals surface area (Å²) < 4.78 is 39.7. The van der Waals surface area contributed by atoms with E-state index in [1.807, 2.05) is 31.2 Å². The number of hydrogen-bond acceptors (Lipinski definition) is 5. The molecule has 0 bridgehead atoms. The van der Waals surface area contributed by atoms with Gasteiger partial charge in [0.05, 0.1) is 6.67 Å². The van der Waals surface area contributed by atoms with E-state index < -0.39 is 17.7 Å². The monoisotopic (exact) mass is 507 g/mol. The van der Waals surface area contributed by atoms with Crippen LogP contribution in [0, 0.1) is 11.7 Å². The molecule has 2 N–H and O–H groups in total. The zero-order valence-electron chi connectivity index (χ0n) is 21.0. The van der Waals surface area contributed by atoms with E-state index in [1.54, 1.807) is 24.3 Å². The number of alkyl halides is 1. The Labute approximate surface area is 215 Å². The highest BCUT2D eigenvalue weighted by atomic mass is 19.1. The summed E-state index contributed by atoms with van der Waals surface area (Å²) in [4.78, 5) is 2.26. The Bertz CT molecular complexity index is 1310. The fraction of sp³-hybridized carbons (Fsp3) is 0.333. The predicted molar refractivity (Wildman–Crippen MR) is 139 cm³/mol. The first-order valence-corrected chi connectivity index (χ1v) is 12.6. The van der Waals surface area contributed by atoms with Gasteiger partial charge in [0.25, 0.3) is 0 Å². The molecule has 37 heavy (non-hydrogen) atoms. The molecule has 2 aliphatic rings.